The fourth-order valence-electron chi connectivity index (χ4n) is 0.375. The topological polar surface area (TPSA) is 29.1 Å². The van der Waals surface area contributed by atoms with Crippen LogP contribution in [0.5, 0.6) is 0 Å². The van der Waals surface area contributed by atoms with Crippen LogP contribution in [0.15, 0.2) is 23.3 Å². The van der Waals surface area contributed by atoms with E-state index in [0.29, 0.717) is 5.57 Å². The van der Waals surface area contributed by atoms with Gasteiger partial charge in [-0.1, -0.05) is 0 Å². The summed E-state index contributed by atoms with van der Waals surface area (Å²) < 4.78 is 2.82. The lowest BCUT2D eigenvalue weighted by Crippen LogP contribution is -1.96. The highest BCUT2D eigenvalue weighted by Gasteiger charge is 1.90. The smallest absolute Gasteiger partial charge is 0.151 e. The van der Waals surface area contributed by atoms with Crippen molar-refractivity contribution in [3.63, 3.8) is 0 Å². The Labute approximate surface area is 51.8 Å². The molecule has 8 heavy (non-hydrogen) atoms. The van der Waals surface area contributed by atoms with E-state index in [9.17, 15) is 4.79 Å². The van der Waals surface area contributed by atoms with Gasteiger partial charge in [-0.2, -0.15) is 0 Å². The molecule has 1 aliphatic heterocycles. The van der Waals surface area contributed by atoms with E-state index in [1.165, 1.54) is 11.9 Å². The molecular formula is C5H5NOS. The summed E-state index contributed by atoms with van der Waals surface area (Å²) in [6, 6.07) is 0. The van der Waals surface area contributed by atoms with Crippen molar-refractivity contribution in [1.29, 1.82) is 0 Å². The summed E-state index contributed by atoms with van der Waals surface area (Å²) in [6.07, 6.45) is 4.23. The normalized spacial score (nSPS) is 16.8. The molecular weight excluding hydrogens is 122 g/mol. The quantitative estimate of drug-likeness (QED) is 0.418. The molecule has 0 unspecified atom stereocenters. The summed E-state index contributed by atoms with van der Waals surface area (Å²) in [7, 11) is 0. The maximum absolute atomic E-state index is 9.99. The van der Waals surface area contributed by atoms with Crippen LogP contribution in [-0.2, 0) is 4.79 Å². The first kappa shape index (κ1) is 5.44. The highest BCUT2D eigenvalue weighted by molar-refractivity contribution is 8.00. The van der Waals surface area contributed by atoms with Gasteiger partial charge in [0.15, 0.2) is 6.29 Å². The molecule has 0 amide bonds. The van der Waals surface area contributed by atoms with Crippen LogP contribution in [0, 0.1) is 0 Å². The maximum atomic E-state index is 9.99. The van der Waals surface area contributed by atoms with Gasteiger partial charge in [0.25, 0.3) is 0 Å². The molecule has 1 aliphatic rings. The molecule has 0 aliphatic carbocycles. The van der Waals surface area contributed by atoms with Gasteiger partial charge in [-0.3, -0.25) is 4.79 Å². The summed E-state index contributed by atoms with van der Waals surface area (Å²) in [4.78, 5) is 9.99. The van der Waals surface area contributed by atoms with E-state index in [4.69, 9.17) is 0 Å². The van der Waals surface area contributed by atoms with Crippen molar-refractivity contribution in [2.45, 2.75) is 0 Å². The number of nitrogens with one attached hydrogen (secondary N) is 1. The summed E-state index contributed by atoms with van der Waals surface area (Å²) in [6.45, 7) is 0. The summed E-state index contributed by atoms with van der Waals surface area (Å²) in [5.41, 5.74) is 0.684. The first-order valence-electron chi connectivity index (χ1n) is 2.16. The third kappa shape index (κ3) is 1.13. The molecule has 1 N–H and O–H groups in total. The van der Waals surface area contributed by atoms with E-state index < -0.39 is 0 Å². The lowest BCUT2D eigenvalue weighted by Gasteiger charge is -1.98. The third-order valence-corrected chi connectivity index (χ3v) is 1.28. The average Bonchev–Trinajstić information content (AvgIpc) is 1.90. The second-order valence-corrected chi connectivity index (χ2v) is 2.04. The Morgan fingerprint density at radius 1 is 1.75 bits per heavy atom. The lowest BCUT2D eigenvalue weighted by atomic mass is 10.3. The van der Waals surface area contributed by atoms with Crippen LogP contribution in [0.1, 0.15) is 0 Å². The Morgan fingerprint density at radius 2 is 2.62 bits per heavy atom. The molecule has 0 atom stereocenters. The summed E-state index contributed by atoms with van der Waals surface area (Å²) in [5.74, 6) is 0. The Hall–Kier alpha value is -0.700. The third-order valence-electron chi connectivity index (χ3n) is 0.758. The van der Waals surface area contributed by atoms with Crippen molar-refractivity contribution in [3.8, 4) is 0 Å². The zero-order valence-electron chi connectivity index (χ0n) is 4.13. The SMILES string of the molecule is O=CC1=CNSC=C1. The van der Waals surface area contributed by atoms with Gasteiger partial charge in [-0.15, -0.1) is 0 Å². The van der Waals surface area contributed by atoms with Crippen molar-refractivity contribution in [1.82, 2.24) is 4.72 Å². The molecule has 42 valence electrons. The predicted octanol–water partition coefficient (Wildman–Crippen LogP) is 0.834. The maximum Gasteiger partial charge on any atom is 0.151 e. The molecule has 0 aromatic rings. The second-order valence-electron chi connectivity index (χ2n) is 1.30. The van der Waals surface area contributed by atoms with Crippen LogP contribution >= 0.6 is 11.9 Å². The number of aldehydes is 1. The van der Waals surface area contributed by atoms with E-state index in [2.05, 4.69) is 4.72 Å². The molecule has 0 saturated carbocycles. The largest absolute Gasteiger partial charge is 0.332 e. The van der Waals surface area contributed by atoms with E-state index in [-0.39, 0.29) is 0 Å². The number of rotatable bonds is 1. The Kier molecular flexibility index (Phi) is 1.75. The summed E-state index contributed by atoms with van der Waals surface area (Å²) in [5, 5.41) is 1.82. The van der Waals surface area contributed by atoms with Gasteiger partial charge in [-0.05, 0) is 23.4 Å². The van der Waals surface area contributed by atoms with Crippen LogP contribution in [0.3, 0.4) is 0 Å². The van der Waals surface area contributed by atoms with Crippen LogP contribution < -0.4 is 4.72 Å². The zero-order valence-corrected chi connectivity index (χ0v) is 4.94. The minimum Gasteiger partial charge on any atom is -0.332 e. The predicted molar refractivity (Wildman–Crippen MR) is 34.0 cm³/mol. The van der Waals surface area contributed by atoms with Gasteiger partial charge in [0.1, 0.15) is 0 Å². The first-order chi connectivity index (χ1) is 3.93. The van der Waals surface area contributed by atoms with E-state index >= 15 is 0 Å². The average molecular weight is 127 g/mol. The minimum atomic E-state index is 0.684. The van der Waals surface area contributed by atoms with Gasteiger partial charge in [-0.25, -0.2) is 0 Å². The van der Waals surface area contributed by atoms with Gasteiger partial charge >= 0.3 is 0 Å². The van der Waals surface area contributed by atoms with Crippen LogP contribution in [-0.4, -0.2) is 6.29 Å². The Bertz CT molecular complexity index is 151. The molecule has 1 heterocycles. The molecule has 0 aromatic carbocycles. The molecule has 0 spiro atoms. The molecule has 1 rings (SSSR count). The number of allylic oxidation sites excluding steroid dienone is 2. The Balaban J connectivity index is 2.64. The monoisotopic (exact) mass is 127 g/mol. The number of hydrogen-bond donors (Lipinski definition) is 1. The van der Waals surface area contributed by atoms with E-state index in [0.717, 1.165) is 6.29 Å². The first-order valence-corrected chi connectivity index (χ1v) is 3.04. The van der Waals surface area contributed by atoms with Gasteiger partial charge < -0.3 is 4.72 Å². The van der Waals surface area contributed by atoms with Gasteiger partial charge in [0, 0.05) is 11.8 Å². The molecule has 0 fully saturated rings. The fraction of sp³-hybridized carbons (Fsp3) is 0. The molecule has 0 aromatic heterocycles. The van der Waals surface area contributed by atoms with Crippen molar-refractivity contribution >= 4 is 18.2 Å². The molecule has 2 nitrogen and oxygen atoms in total. The number of carbonyl (C=O) groups is 1. The van der Waals surface area contributed by atoms with Gasteiger partial charge in [0.05, 0.1) is 0 Å². The van der Waals surface area contributed by atoms with Crippen molar-refractivity contribution in [2.75, 3.05) is 0 Å². The van der Waals surface area contributed by atoms with Crippen LogP contribution in [0.2, 0.25) is 0 Å². The van der Waals surface area contributed by atoms with E-state index in [1.54, 1.807) is 12.3 Å². The second kappa shape index (κ2) is 2.57. The highest BCUT2D eigenvalue weighted by atomic mass is 32.2. The molecule has 3 heteroatoms. The van der Waals surface area contributed by atoms with Crippen molar-refractivity contribution in [3.05, 3.63) is 23.3 Å². The van der Waals surface area contributed by atoms with E-state index in [1.807, 2.05) is 5.41 Å². The number of hydrogen-bond acceptors (Lipinski definition) is 3. The van der Waals surface area contributed by atoms with Crippen LogP contribution in [0.4, 0.5) is 0 Å². The molecule has 0 saturated heterocycles. The minimum absolute atomic E-state index is 0.684. The Morgan fingerprint density at radius 3 is 3.00 bits per heavy atom. The number of carbonyl (C=O) groups excluding carboxylic acids is 1. The van der Waals surface area contributed by atoms with Crippen molar-refractivity contribution < 1.29 is 4.79 Å². The lowest BCUT2D eigenvalue weighted by molar-refractivity contribution is -0.104. The van der Waals surface area contributed by atoms with Gasteiger partial charge in [0.2, 0.25) is 0 Å². The fourth-order valence-corrected chi connectivity index (χ4v) is 0.883. The van der Waals surface area contributed by atoms with Crippen LogP contribution in [0.25, 0.3) is 0 Å². The zero-order chi connectivity index (χ0) is 5.82. The summed E-state index contributed by atoms with van der Waals surface area (Å²) >= 11 is 1.45. The van der Waals surface area contributed by atoms with Crippen molar-refractivity contribution in [2.24, 2.45) is 0 Å². The standard InChI is InChI=1S/C5H5NOS/c7-4-5-1-2-8-6-3-5/h1-4,6H. The molecule has 0 bridgehead atoms. The highest BCUT2D eigenvalue weighted by Crippen LogP contribution is 2.05. The molecule has 0 radical (unpaired) electrons.